The number of aromatic nitrogens is 4. The van der Waals surface area contributed by atoms with Crippen molar-refractivity contribution in [3.63, 3.8) is 0 Å². The Hall–Kier alpha value is -3.64. The number of methoxy groups -OCH3 is 1. The van der Waals surface area contributed by atoms with Gasteiger partial charge in [-0.1, -0.05) is 45.0 Å². The molecule has 6 bridgehead atoms. The largest absolute Gasteiger partial charge is 0.496 e. The molecule has 1 aliphatic heterocycles. The summed E-state index contributed by atoms with van der Waals surface area (Å²) >= 11 is 0. The zero-order valence-electron chi connectivity index (χ0n) is 24.1. The molecule has 6 rings (SSSR count). The third-order valence-corrected chi connectivity index (χ3v) is 8.38. The van der Waals surface area contributed by atoms with Crippen LogP contribution in [0.5, 0.6) is 5.75 Å². The molecule has 0 unspecified atom stereocenters. The van der Waals surface area contributed by atoms with Crippen molar-refractivity contribution in [3.05, 3.63) is 89.0 Å². The van der Waals surface area contributed by atoms with E-state index in [4.69, 9.17) is 9.47 Å². The molecule has 6 nitrogen and oxygen atoms in total. The molecule has 0 aliphatic carbocycles. The van der Waals surface area contributed by atoms with E-state index < -0.39 is 0 Å². The molecule has 0 amide bonds. The average molecular weight is 525 g/mol. The Balaban J connectivity index is 1.61. The highest BCUT2D eigenvalue weighted by atomic mass is 16.5. The molecule has 3 aromatic carbocycles. The Morgan fingerprint density at radius 1 is 0.744 bits per heavy atom. The van der Waals surface area contributed by atoms with Gasteiger partial charge in [0.05, 0.1) is 20.3 Å². The number of para-hydroxylation sites is 4. The molecule has 6 heteroatoms. The topological polar surface area (TPSA) is 36.1 Å². The molecule has 0 saturated carbocycles. The Kier molecular flexibility index (Phi) is 6.46. The van der Waals surface area contributed by atoms with Crippen molar-refractivity contribution in [1.29, 1.82) is 0 Å². The van der Waals surface area contributed by atoms with Crippen LogP contribution in [0.2, 0.25) is 0 Å². The van der Waals surface area contributed by atoms with Crippen LogP contribution in [0, 0.1) is 13.8 Å². The number of ether oxygens (including phenoxy) is 2. The van der Waals surface area contributed by atoms with Crippen molar-refractivity contribution < 1.29 is 18.6 Å². The van der Waals surface area contributed by atoms with Gasteiger partial charge >= 0.3 is 0 Å². The number of hydrogen-bond acceptors (Lipinski definition) is 2. The van der Waals surface area contributed by atoms with Crippen molar-refractivity contribution in [1.82, 2.24) is 9.13 Å². The van der Waals surface area contributed by atoms with Crippen molar-refractivity contribution in [2.24, 2.45) is 0 Å². The van der Waals surface area contributed by atoms with Crippen LogP contribution in [0.3, 0.4) is 0 Å². The fourth-order valence-electron chi connectivity index (χ4n) is 6.23. The van der Waals surface area contributed by atoms with Crippen molar-refractivity contribution in [2.75, 3.05) is 20.3 Å². The lowest BCUT2D eigenvalue weighted by Gasteiger charge is -2.23. The molecule has 0 atom stereocenters. The van der Waals surface area contributed by atoms with Gasteiger partial charge in [-0.3, -0.25) is 0 Å². The fraction of sp³-hybridized carbons (Fsp3) is 0.394. The van der Waals surface area contributed by atoms with E-state index in [0.717, 1.165) is 31.9 Å². The van der Waals surface area contributed by atoms with Gasteiger partial charge in [-0.25, -0.2) is 18.3 Å². The minimum atomic E-state index is 0.00929. The lowest BCUT2D eigenvalue weighted by Crippen LogP contribution is -2.39. The molecule has 202 valence electrons. The number of fused-ring (bicyclic) bond motifs is 12. The molecule has 39 heavy (non-hydrogen) atoms. The van der Waals surface area contributed by atoms with E-state index in [-0.39, 0.29) is 5.41 Å². The molecule has 2 aromatic heterocycles. The zero-order chi connectivity index (χ0) is 27.3. The number of benzene rings is 3. The highest BCUT2D eigenvalue weighted by molar-refractivity contribution is 5.73. The van der Waals surface area contributed by atoms with Crippen LogP contribution in [0.15, 0.2) is 60.7 Å². The van der Waals surface area contributed by atoms with Gasteiger partial charge < -0.3 is 9.47 Å². The second kappa shape index (κ2) is 9.83. The molecule has 5 aromatic rings. The molecule has 3 heterocycles. The van der Waals surface area contributed by atoms with Crippen LogP contribution in [-0.4, -0.2) is 29.5 Å². The Morgan fingerprint density at radius 2 is 1.21 bits per heavy atom. The highest BCUT2D eigenvalue weighted by Gasteiger charge is 2.28. The Labute approximate surface area is 231 Å². The smallest absolute Gasteiger partial charge is 0.254 e. The monoisotopic (exact) mass is 524 g/mol. The first-order valence-corrected chi connectivity index (χ1v) is 14.0. The number of nitrogens with zero attached hydrogens (tertiary/aromatic N) is 4. The van der Waals surface area contributed by atoms with Gasteiger partial charge in [0.25, 0.3) is 11.6 Å². The van der Waals surface area contributed by atoms with Gasteiger partial charge in [0.15, 0.2) is 22.1 Å². The Morgan fingerprint density at radius 3 is 1.64 bits per heavy atom. The summed E-state index contributed by atoms with van der Waals surface area (Å²) in [5.74, 6) is 3.42. The summed E-state index contributed by atoms with van der Waals surface area (Å²) < 4.78 is 22.1. The maximum absolute atomic E-state index is 6.23. The molecule has 0 N–H and O–H groups in total. The SMILES string of the molecule is COc1c2cc(C(C)(C)C)cc1C[n+]1c(C)n(c3ccccc31)CCOCCn1c(C)[n+](c3ccccc31)C2. The quantitative estimate of drug-likeness (QED) is 0.282. The number of hydrogen-bond donors (Lipinski definition) is 0. The summed E-state index contributed by atoms with van der Waals surface area (Å²) in [5.41, 5.74) is 8.69. The summed E-state index contributed by atoms with van der Waals surface area (Å²) in [7, 11) is 1.82. The molecule has 0 saturated heterocycles. The molecule has 0 fully saturated rings. The summed E-state index contributed by atoms with van der Waals surface area (Å²) in [4.78, 5) is 0. The van der Waals surface area contributed by atoms with Crippen LogP contribution in [0.1, 0.15) is 49.1 Å². The van der Waals surface area contributed by atoms with Crippen LogP contribution in [0.25, 0.3) is 22.1 Å². The molecular formula is C33H40N4O2+2. The van der Waals surface area contributed by atoms with Crippen molar-refractivity contribution >= 4 is 22.1 Å². The summed E-state index contributed by atoms with van der Waals surface area (Å²) in [5, 5.41) is 0. The van der Waals surface area contributed by atoms with Gasteiger partial charge in [-0.15, -0.1) is 0 Å². The lowest BCUT2D eigenvalue weighted by molar-refractivity contribution is -0.670. The predicted molar refractivity (Wildman–Crippen MR) is 154 cm³/mol. The summed E-state index contributed by atoms with van der Waals surface area (Å²) in [6, 6.07) is 22.1. The van der Waals surface area contributed by atoms with Crippen LogP contribution in [-0.2, 0) is 36.3 Å². The lowest BCUT2D eigenvalue weighted by atomic mass is 9.84. The van der Waals surface area contributed by atoms with Crippen LogP contribution in [0.4, 0.5) is 0 Å². The second-order valence-corrected chi connectivity index (χ2v) is 11.7. The molecule has 1 aliphatic rings. The summed E-state index contributed by atoms with van der Waals surface area (Å²) in [6.07, 6.45) is 0. The van der Waals surface area contributed by atoms with E-state index in [1.165, 1.54) is 50.4 Å². The van der Waals surface area contributed by atoms with E-state index in [0.29, 0.717) is 13.2 Å². The van der Waals surface area contributed by atoms with Gasteiger partial charge in [-0.05, 0) is 47.4 Å². The maximum atomic E-state index is 6.23. The van der Waals surface area contributed by atoms with E-state index in [2.05, 4.69) is 114 Å². The normalized spacial score (nSPS) is 14.7. The van der Waals surface area contributed by atoms with Crippen LogP contribution < -0.4 is 13.9 Å². The van der Waals surface area contributed by atoms with Gasteiger partial charge in [0, 0.05) is 25.0 Å². The van der Waals surface area contributed by atoms with E-state index >= 15 is 0 Å². The van der Waals surface area contributed by atoms with Gasteiger partial charge in [0.2, 0.25) is 0 Å². The zero-order valence-corrected chi connectivity index (χ0v) is 24.1. The highest BCUT2D eigenvalue weighted by Crippen LogP contribution is 2.33. The van der Waals surface area contributed by atoms with Crippen molar-refractivity contribution in [2.45, 2.75) is 66.2 Å². The number of imidazole rings is 2. The average Bonchev–Trinajstić information content (AvgIpc) is 3.33. The minimum absolute atomic E-state index is 0.00929. The van der Waals surface area contributed by atoms with Crippen LogP contribution >= 0.6 is 0 Å². The minimum Gasteiger partial charge on any atom is -0.496 e. The van der Waals surface area contributed by atoms with E-state index in [9.17, 15) is 0 Å². The fourth-order valence-corrected chi connectivity index (χ4v) is 6.23. The summed E-state index contributed by atoms with van der Waals surface area (Å²) in [6.45, 7) is 15.8. The predicted octanol–water partition coefficient (Wildman–Crippen LogP) is 5.22. The van der Waals surface area contributed by atoms with Gasteiger partial charge in [0.1, 0.15) is 31.9 Å². The third kappa shape index (κ3) is 4.41. The number of rotatable bonds is 1. The Bertz CT molecular complexity index is 1570. The first-order chi connectivity index (χ1) is 18.8. The first-order valence-electron chi connectivity index (χ1n) is 14.0. The molecule has 0 radical (unpaired) electrons. The molecule has 0 spiro atoms. The second-order valence-electron chi connectivity index (χ2n) is 11.7. The maximum Gasteiger partial charge on any atom is 0.254 e. The third-order valence-electron chi connectivity index (χ3n) is 8.38. The van der Waals surface area contributed by atoms with Crippen molar-refractivity contribution in [3.8, 4) is 5.75 Å². The van der Waals surface area contributed by atoms with Gasteiger partial charge in [-0.2, -0.15) is 0 Å². The van der Waals surface area contributed by atoms with E-state index in [1.54, 1.807) is 0 Å². The van der Waals surface area contributed by atoms with E-state index in [1.807, 2.05) is 7.11 Å². The molecular weight excluding hydrogens is 484 g/mol. The first kappa shape index (κ1) is 25.6. The standard InChI is InChI=1S/C33H40N4O2/c1-23-34-15-17-39-18-16-35-24(2)37(31-14-10-8-12-29(31)35)22-26-20-27(33(3,4)5)19-25(32(26)38-6)21-36(23)30-13-9-7-11-28(30)34/h7-14,19-20H,15-18,21-22H2,1-6H3/q+2.